The Bertz CT molecular complexity index is 445. The molecule has 0 spiro atoms. The largest absolute Gasteiger partial charge is 0.442 e. The Hall–Kier alpha value is -1.92. The molecule has 5 nitrogen and oxygen atoms in total. The molecule has 0 heterocycles. The number of ether oxygens (including phenoxy) is 1. The minimum Gasteiger partial charge on any atom is -0.442 e. The first-order valence-corrected chi connectivity index (χ1v) is 5.61. The molecule has 0 aromatic carbocycles. The molecule has 7 heteroatoms. The van der Waals surface area contributed by atoms with E-state index in [0.717, 1.165) is 0 Å². The van der Waals surface area contributed by atoms with Crippen LogP contribution in [0.5, 0.6) is 0 Å². The lowest BCUT2D eigenvalue weighted by Gasteiger charge is -2.19. The van der Waals surface area contributed by atoms with Crippen molar-refractivity contribution in [2.75, 3.05) is 0 Å². The summed E-state index contributed by atoms with van der Waals surface area (Å²) in [6.07, 6.45) is -1.53. The average molecular weight is 275 g/mol. The van der Waals surface area contributed by atoms with Crippen molar-refractivity contribution in [3.05, 3.63) is 23.3 Å². The Morgan fingerprint density at radius 3 is 2.42 bits per heavy atom. The molecule has 1 amide bonds. The van der Waals surface area contributed by atoms with Crippen LogP contribution in [0.4, 0.5) is 13.6 Å². The van der Waals surface area contributed by atoms with Gasteiger partial charge in [0.15, 0.2) is 0 Å². The molecule has 0 saturated carbocycles. The number of halogens is 2. The third-order valence-electron chi connectivity index (χ3n) is 2.15. The first kappa shape index (κ1) is 15.1. The first-order chi connectivity index (χ1) is 8.69. The van der Waals surface area contributed by atoms with Crippen molar-refractivity contribution in [1.82, 2.24) is 5.48 Å². The molecule has 0 bridgehead atoms. The quantitative estimate of drug-likeness (QED) is 0.747. The van der Waals surface area contributed by atoms with Gasteiger partial charge in [-0.3, -0.25) is 0 Å². The first-order valence-electron chi connectivity index (χ1n) is 5.61. The molecule has 19 heavy (non-hydrogen) atoms. The van der Waals surface area contributed by atoms with Gasteiger partial charge in [-0.15, -0.1) is 5.48 Å². The third kappa shape index (κ3) is 5.07. The van der Waals surface area contributed by atoms with Crippen LogP contribution < -0.4 is 5.48 Å². The van der Waals surface area contributed by atoms with Crippen molar-refractivity contribution in [3.63, 3.8) is 0 Å². The van der Waals surface area contributed by atoms with E-state index in [2.05, 4.69) is 4.84 Å². The van der Waals surface area contributed by atoms with Crippen molar-refractivity contribution >= 4 is 12.1 Å². The molecule has 0 fully saturated rings. The number of amides is 1. The van der Waals surface area contributed by atoms with Crippen molar-refractivity contribution in [2.45, 2.75) is 39.2 Å². The fraction of sp³-hybridized carbons (Fsp3) is 0.500. The van der Waals surface area contributed by atoms with Crippen LogP contribution in [0.3, 0.4) is 0 Å². The number of carbonyl (C=O) groups excluding carboxylic acids is 2. The van der Waals surface area contributed by atoms with Gasteiger partial charge in [-0.05, 0) is 27.2 Å². The molecular weight excluding hydrogens is 260 g/mol. The Morgan fingerprint density at radius 2 is 1.95 bits per heavy atom. The van der Waals surface area contributed by atoms with Gasteiger partial charge in [-0.2, -0.15) is 8.78 Å². The summed E-state index contributed by atoms with van der Waals surface area (Å²) in [7, 11) is 0. The van der Waals surface area contributed by atoms with Gasteiger partial charge in [-0.25, -0.2) is 9.59 Å². The summed E-state index contributed by atoms with van der Waals surface area (Å²) in [6.45, 7) is 4.94. The van der Waals surface area contributed by atoms with E-state index < -0.39 is 23.7 Å². The van der Waals surface area contributed by atoms with Gasteiger partial charge in [-0.1, -0.05) is 6.08 Å². The molecule has 0 atom stereocenters. The van der Waals surface area contributed by atoms with Crippen molar-refractivity contribution in [3.8, 4) is 0 Å². The maximum Gasteiger partial charge on any atom is 0.441 e. The second-order valence-corrected chi connectivity index (χ2v) is 4.97. The highest BCUT2D eigenvalue weighted by Crippen LogP contribution is 2.28. The maximum atomic E-state index is 12.3. The molecule has 0 unspecified atom stereocenters. The highest BCUT2D eigenvalue weighted by molar-refractivity contribution is 5.90. The maximum absolute atomic E-state index is 12.3. The van der Waals surface area contributed by atoms with Crippen LogP contribution in [0, 0.1) is 0 Å². The number of allylic oxidation sites excluding steroid dienone is 2. The number of hydrogen-bond acceptors (Lipinski definition) is 4. The van der Waals surface area contributed by atoms with Gasteiger partial charge in [0.1, 0.15) is 5.60 Å². The van der Waals surface area contributed by atoms with E-state index in [9.17, 15) is 18.4 Å². The van der Waals surface area contributed by atoms with Crippen molar-refractivity contribution in [2.24, 2.45) is 0 Å². The Balaban J connectivity index is 2.42. The highest BCUT2D eigenvalue weighted by atomic mass is 19.3. The summed E-state index contributed by atoms with van der Waals surface area (Å²) in [6, 6.07) is 0. The second-order valence-electron chi connectivity index (χ2n) is 4.97. The molecule has 1 aliphatic rings. The molecule has 1 N–H and O–H groups in total. The van der Waals surface area contributed by atoms with Crippen LogP contribution in [0.1, 0.15) is 33.6 Å². The van der Waals surface area contributed by atoms with Crippen LogP contribution in [0.15, 0.2) is 23.3 Å². The van der Waals surface area contributed by atoms with Crippen LogP contribution in [0.2, 0.25) is 0 Å². The van der Waals surface area contributed by atoms with Crippen molar-refractivity contribution < 1.29 is 27.9 Å². The van der Waals surface area contributed by atoms with Gasteiger partial charge in [0.2, 0.25) is 0 Å². The average Bonchev–Trinajstić information content (AvgIpc) is 2.72. The molecule has 0 radical (unpaired) electrons. The topological polar surface area (TPSA) is 64.6 Å². The Kier molecular flexibility index (Phi) is 4.63. The summed E-state index contributed by atoms with van der Waals surface area (Å²) in [5, 5.41) is 0. The van der Waals surface area contributed by atoms with E-state index >= 15 is 0 Å². The van der Waals surface area contributed by atoms with E-state index in [1.54, 1.807) is 26.3 Å². The molecule has 1 rings (SSSR count). The number of hydroxylamine groups is 1. The van der Waals surface area contributed by atoms with E-state index in [0.29, 0.717) is 0 Å². The minimum absolute atomic E-state index is 0.0131. The lowest BCUT2D eigenvalue weighted by atomic mass is 10.2. The molecule has 1 aliphatic carbocycles. The highest BCUT2D eigenvalue weighted by Gasteiger charge is 2.23. The Labute approximate surface area is 109 Å². The van der Waals surface area contributed by atoms with Crippen LogP contribution in [-0.4, -0.2) is 17.7 Å². The monoisotopic (exact) mass is 275 g/mol. The van der Waals surface area contributed by atoms with Gasteiger partial charge in [0, 0.05) is 17.6 Å². The van der Waals surface area contributed by atoms with Crippen LogP contribution >= 0.6 is 0 Å². The van der Waals surface area contributed by atoms with Gasteiger partial charge >= 0.3 is 12.1 Å². The summed E-state index contributed by atoms with van der Waals surface area (Å²) in [4.78, 5) is 27.1. The molecular formula is C12H15F2NO4. The van der Waals surface area contributed by atoms with Gasteiger partial charge in [0.25, 0.3) is 6.08 Å². The number of nitrogens with one attached hydrogen (secondary N) is 1. The van der Waals surface area contributed by atoms with E-state index in [4.69, 9.17) is 4.74 Å². The molecule has 106 valence electrons. The van der Waals surface area contributed by atoms with Gasteiger partial charge in [0.05, 0.1) is 0 Å². The summed E-state index contributed by atoms with van der Waals surface area (Å²) in [5.74, 6) is -0.873. The zero-order chi connectivity index (χ0) is 14.6. The predicted octanol–water partition coefficient (Wildman–Crippen LogP) is 2.84. The lowest BCUT2D eigenvalue weighted by molar-refractivity contribution is -0.145. The SMILES string of the molecule is CC(C)(C)OC(=O)NOC(=O)C1=CCC(=C(F)F)C1. The normalized spacial score (nSPS) is 14.8. The minimum atomic E-state index is -1.79. The predicted molar refractivity (Wildman–Crippen MR) is 62.0 cm³/mol. The zero-order valence-corrected chi connectivity index (χ0v) is 10.9. The molecule has 0 aromatic rings. The molecule has 0 aromatic heterocycles. The standard InChI is InChI=1S/C12H15F2NO4/c1-12(2,3)18-11(17)15-19-10(16)8-5-4-7(6-8)9(13)14/h5H,4,6H2,1-3H3,(H,15,17). The fourth-order valence-electron chi connectivity index (χ4n) is 1.37. The number of carbonyl (C=O) groups is 2. The number of hydrogen-bond donors (Lipinski definition) is 1. The smallest absolute Gasteiger partial charge is 0.441 e. The Morgan fingerprint density at radius 1 is 1.32 bits per heavy atom. The fourth-order valence-corrected chi connectivity index (χ4v) is 1.37. The van der Waals surface area contributed by atoms with E-state index in [-0.39, 0.29) is 24.0 Å². The van der Waals surface area contributed by atoms with Crippen molar-refractivity contribution in [1.29, 1.82) is 0 Å². The summed E-state index contributed by atoms with van der Waals surface area (Å²) >= 11 is 0. The second kappa shape index (κ2) is 5.81. The van der Waals surface area contributed by atoms with Crippen LogP contribution in [0.25, 0.3) is 0 Å². The summed E-state index contributed by atoms with van der Waals surface area (Å²) in [5.41, 5.74) is 1.04. The van der Waals surface area contributed by atoms with Gasteiger partial charge < -0.3 is 9.57 Å². The summed E-state index contributed by atoms with van der Waals surface area (Å²) < 4.78 is 29.4. The molecule has 0 aliphatic heterocycles. The van der Waals surface area contributed by atoms with E-state index in [1.807, 2.05) is 0 Å². The molecule has 0 saturated heterocycles. The van der Waals surface area contributed by atoms with Crippen LogP contribution in [-0.2, 0) is 14.4 Å². The zero-order valence-electron chi connectivity index (χ0n) is 10.9. The van der Waals surface area contributed by atoms with E-state index in [1.165, 1.54) is 6.08 Å². The lowest BCUT2D eigenvalue weighted by Crippen LogP contribution is -2.34. The third-order valence-corrected chi connectivity index (χ3v) is 2.15. The number of rotatable bonds is 1.